The number of hydrogen-bond donors (Lipinski definition) is 2. The van der Waals surface area contributed by atoms with E-state index in [0.29, 0.717) is 10.9 Å². The number of nitrogens with two attached hydrogens (primary N) is 1. The minimum absolute atomic E-state index is 0.0198. The van der Waals surface area contributed by atoms with Gasteiger partial charge in [0, 0.05) is 23.5 Å². The summed E-state index contributed by atoms with van der Waals surface area (Å²) in [4.78, 5) is 39.0. The lowest BCUT2D eigenvalue weighted by molar-refractivity contribution is -0.137. The van der Waals surface area contributed by atoms with E-state index in [1.165, 1.54) is 21.7 Å². The smallest absolute Gasteiger partial charge is 0.269 e. The van der Waals surface area contributed by atoms with E-state index in [1.54, 1.807) is 18.2 Å². The zero-order chi connectivity index (χ0) is 23.7. The topological polar surface area (TPSA) is 110 Å². The second kappa shape index (κ2) is 9.19. The van der Waals surface area contributed by atoms with Crippen LogP contribution >= 0.6 is 11.6 Å². The Morgan fingerprint density at radius 1 is 1.24 bits per heavy atom. The molecule has 10 heteroatoms. The first kappa shape index (κ1) is 22.7. The predicted molar refractivity (Wildman–Crippen MR) is 121 cm³/mol. The standard InChI is InChI=1S/C23H23ClFN5O3/c1-13-4-2-6-16-21(23(26)33)28-30(22(13)16)12-19(32)29(15-8-9-15)11-18(31)27-10-14-5-3-7-17(24)20(14)25/h2-7,15H,8-12H2,1H3,(H2,26,33)(H,27,31). The average molecular weight is 472 g/mol. The number of nitrogens with one attached hydrogen (secondary N) is 1. The van der Waals surface area contributed by atoms with Gasteiger partial charge in [0.15, 0.2) is 5.69 Å². The molecule has 0 spiro atoms. The van der Waals surface area contributed by atoms with Crippen LogP contribution in [0.15, 0.2) is 36.4 Å². The van der Waals surface area contributed by atoms with Crippen molar-refractivity contribution in [1.82, 2.24) is 20.0 Å². The van der Waals surface area contributed by atoms with Crippen molar-refractivity contribution in [2.24, 2.45) is 5.73 Å². The minimum Gasteiger partial charge on any atom is -0.364 e. The van der Waals surface area contributed by atoms with Gasteiger partial charge >= 0.3 is 0 Å². The van der Waals surface area contributed by atoms with Gasteiger partial charge in [-0.2, -0.15) is 5.10 Å². The first-order chi connectivity index (χ1) is 15.8. The molecule has 2 aromatic carbocycles. The monoisotopic (exact) mass is 471 g/mol. The van der Waals surface area contributed by atoms with Gasteiger partial charge in [-0.25, -0.2) is 4.39 Å². The fraction of sp³-hybridized carbons (Fsp3) is 0.304. The Morgan fingerprint density at radius 3 is 2.67 bits per heavy atom. The van der Waals surface area contributed by atoms with Crippen LogP contribution in [0.3, 0.4) is 0 Å². The highest BCUT2D eigenvalue weighted by molar-refractivity contribution is 6.30. The fourth-order valence-corrected chi connectivity index (χ4v) is 4.02. The molecule has 3 amide bonds. The Balaban J connectivity index is 1.48. The van der Waals surface area contributed by atoms with E-state index in [4.69, 9.17) is 17.3 Å². The number of carbonyl (C=O) groups is 3. The first-order valence-corrected chi connectivity index (χ1v) is 10.9. The zero-order valence-corrected chi connectivity index (χ0v) is 18.7. The molecule has 0 aliphatic heterocycles. The number of hydrogen-bond acceptors (Lipinski definition) is 4. The van der Waals surface area contributed by atoms with Crippen LogP contribution < -0.4 is 11.1 Å². The summed E-state index contributed by atoms with van der Waals surface area (Å²) in [6.45, 7) is 1.52. The highest BCUT2D eigenvalue weighted by Crippen LogP contribution is 2.28. The van der Waals surface area contributed by atoms with Gasteiger partial charge in [-0.3, -0.25) is 19.1 Å². The SMILES string of the molecule is Cc1cccc2c(C(N)=O)nn(CC(=O)N(CC(=O)NCc3cccc(Cl)c3F)C3CC3)c12. The number of aryl methyl sites for hydroxylation is 1. The molecule has 0 radical (unpaired) electrons. The van der Waals surface area contributed by atoms with E-state index in [1.807, 2.05) is 13.0 Å². The zero-order valence-electron chi connectivity index (χ0n) is 18.0. The van der Waals surface area contributed by atoms with Crippen LogP contribution in [-0.4, -0.2) is 45.0 Å². The van der Waals surface area contributed by atoms with Gasteiger partial charge < -0.3 is 16.0 Å². The molecule has 4 rings (SSSR count). The van der Waals surface area contributed by atoms with Crippen molar-refractivity contribution in [3.8, 4) is 0 Å². The minimum atomic E-state index is -0.677. The molecular formula is C23H23ClFN5O3. The van der Waals surface area contributed by atoms with E-state index >= 15 is 0 Å². The van der Waals surface area contributed by atoms with E-state index < -0.39 is 17.6 Å². The molecule has 0 unspecified atom stereocenters. The second-order valence-corrected chi connectivity index (χ2v) is 8.49. The molecule has 1 fully saturated rings. The molecule has 3 aromatic rings. The molecule has 33 heavy (non-hydrogen) atoms. The number of para-hydroxylation sites is 1. The third-order valence-corrected chi connectivity index (χ3v) is 5.91. The van der Waals surface area contributed by atoms with Gasteiger partial charge in [0.25, 0.3) is 5.91 Å². The first-order valence-electron chi connectivity index (χ1n) is 10.5. The summed E-state index contributed by atoms with van der Waals surface area (Å²) in [5, 5.41) is 7.46. The molecule has 8 nitrogen and oxygen atoms in total. The maximum absolute atomic E-state index is 14.1. The number of benzene rings is 2. The van der Waals surface area contributed by atoms with Crippen molar-refractivity contribution in [2.45, 2.75) is 38.9 Å². The highest BCUT2D eigenvalue weighted by atomic mass is 35.5. The van der Waals surface area contributed by atoms with Crippen LogP contribution in [0.4, 0.5) is 4.39 Å². The molecule has 0 bridgehead atoms. The number of primary amides is 1. The molecule has 1 heterocycles. The third-order valence-electron chi connectivity index (χ3n) is 5.62. The Bertz CT molecular complexity index is 1250. The van der Waals surface area contributed by atoms with E-state index in [-0.39, 0.29) is 47.9 Å². The Morgan fingerprint density at radius 2 is 1.97 bits per heavy atom. The van der Waals surface area contributed by atoms with Crippen LogP contribution in [0.2, 0.25) is 5.02 Å². The fourth-order valence-electron chi connectivity index (χ4n) is 3.83. The van der Waals surface area contributed by atoms with E-state index in [2.05, 4.69) is 10.4 Å². The van der Waals surface area contributed by atoms with Crippen LogP contribution in [0.25, 0.3) is 10.9 Å². The lowest BCUT2D eigenvalue weighted by Gasteiger charge is -2.22. The normalized spacial score (nSPS) is 13.2. The van der Waals surface area contributed by atoms with Crippen LogP contribution in [0.1, 0.15) is 34.5 Å². The Hall–Kier alpha value is -3.46. The summed E-state index contributed by atoms with van der Waals surface area (Å²) in [6, 6.07) is 9.91. The van der Waals surface area contributed by atoms with Crippen molar-refractivity contribution in [3.05, 3.63) is 64.1 Å². The summed E-state index contributed by atoms with van der Waals surface area (Å²) in [5.41, 5.74) is 7.32. The van der Waals surface area contributed by atoms with Gasteiger partial charge in [0.1, 0.15) is 12.4 Å². The third kappa shape index (κ3) is 4.83. The molecule has 1 aliphatic rings. The number of aromatic nitrogens is 2. The van der Waals surface area contributed by atoms with Gasteiger partial charge in [0.05, 0.1) is 17.1 Å². The second-order valence-electron chi connectivity index (χ2n) is 8.08. The van der Waals surface area contributed by atoms with E-state index in [0.717, 1.165) is 18.4 Å². The summed E-state index contributed by atoms with van der Waals surface area (Å²) in [7, 11) is 0. The lowest BCUT2D eigenvalue weighted by atomic mass is 10.1. The average Bonchev–Trinajstić information content (AvgIpc) is 3.54. The number of carbonyl (C=O) groups excluding carboxylic acids is 3. The molecule has 1 saturated carbocycles. The van der Waals surface area contributed by atoms with Crippen LogP contribution in [0, 0.1) is 12.7 Å². The lowest BCUT2D eigenvalue weighted by Crippen LogP contribution is -2.43. The molecule has 3 N–H and O–H groups in total. The van der Waals surface area contributed by atoms with Gasteiger partial charge in [-0.1, -0.05) is 41.9 Å². The predicted octanol–water partition coefficient (Wildman–Crippen LogP) is 2.54. The summed E-state index contributed by atoms with van der Waals surface area (Å²) in [6.07, 6.45) is 1.60. The number of rotatable bonds is 8. The van der Waals surface area contributed by atoms with Crippen LogP contribution in [-0.2, 0) is 22.7 Å². The summed E-state index contributed by atoms with van der Waals surface area (Å²) in [5.74, 6) is -1.97. The van der Waals surface area contributed by atoms with E-state index in [9.17, 15) is 18.8 Å². The molecule has 0 atom stereocenters. The molecule has 172 valence electrons. The van der Waals surface area contributed by atoms with Gasteiger partial charge in [0.2, 0.25) is 11.8 Å². The molecule has 0 saturated heterocycles. The summed E-state index contributed by atoms with van der Waals surface area (Å²) >= 11 is 5.78. The van der Waals surface area contributed by atoms with Crippen molar-refractivity contribution >= 4 is 40.2 Å². The maximum Gasteiger partial charge on any atom is 0.269 e. The van der Waals surface area contributed by atoms with Crippen molar-refractivity contribution in [3.63, 3.8) is 0 Å². The largest absolute Gasteiger partial charge is 0.364 e. The highest BCUT2D eigenvalue weighted by Gasteiger charge is 2.34. The Kier molecular flexibility index (Phi) is 6.33. The molecular weight excluding hydrogens is 449 g/mol. The maximum atomic E-state index is 14.1. The number of nitrogens with zero attached hydrogens (tertiary/aromatic N) is 3. The Labute approximate surface area is 194 Å². The van der Waals surface area contributed by atoms with Crippen molar-refractivity contribution in [1.29, 1.82) is 0 Å². The molecule has 1 aliphatic carbocycles. The van der Waals surface area contributed by atoms with Crippen molar-refractivity contribution in [2.75, 3.05) is 6.54 Å². The van der Waals surface area contributed by atoms with Gasteiger partial charge in [-0.15, -0.1) is 0 Å². The van der Waals surface area contributed by atoms with Crippen molar-refractivity contribution < 1.29 is 18.8 Å². The number of amides is 3. The van der Waals surface area contributed by atoms with Crippen LogP contribution in [0.5, 0.6) is 0 Å². The van der Waals surface area contributed by atoms with Gasteiger partial charge in [-0.05, 0) is 31.4 Å². The number of fused-ring (bicyclic) bond motifs is 1. The summed E-state index contributed by atoms with van der Waals surface area (Å²) < 4.78 is 15.5. The quantitative estimate of drug-likeness (QED) is 0.526. The number of halogens is 2. The molecule has 1 aromatic heterocycles.